The van der Waals surface area contributed by atoms with E-state index in [0.717, 1.165) is 18.3 Å². The molecule has 1 heterocycles. The lowest BCUT2D eigenvalue weighted by Crippen LogP contribution is -2.33. The van der Waals surface area contributed by atoms with Crippen molar-refractivity contribution in [3.8, 4) is 5.88 Å². The Balaban J connectivity index is 2.20. The van der Waals surface area contributed by atoms with Gasteiger partial charge in [0.1, 0.15) is 5.82 Å². The van der Waals surface area contributed by atoms with Gasteiger partial charge in [-0.1, -0.05) is 0 Å². The Morgan fingerprint density at radius 2 is 2.00 bits per heavy atom. The Bertz CT molecular complexity index is 427. The molecule has 0 radical (unpaired) electrons. The number of hydrogen-bond acceptors (Lipinski definition) is 4. The Morgan fingerprint density at radius 1 is 1.32 bits per heavy atom. The van der Waals surface area contributed by atoms with Crippen LogP contribution >= 0.6 is 0 Å². The van der Waals surface area contributed by atoms with Crippen molar-refractivity contribution in [2.75, 3.05) is 17.2 Å². The highest BCUT2D eigenvalue weighted by Crippen LogP contribution is 2.33. The predicted molar refractivity (Wildman–Crippen MR) is 79.6 cm³/mol. The van der Waals surface area contributed by atoms with E-state index in [0.29, 0.717) is 17.6 Å². The third-order valence-corrected chi connectivity index (χ3v) is 3.29. The molecule has 4 heteroatoms. The van der Waals surface area contributed by atoms with Gasteiger partial charge in [-0.25, -0.2) is 0 Å². The van der Waals surface area contributed by atoms with Crippen LogP contribution in [0.1, 0.15) is 40.5 Å². The maximum absolute atomic E-state index is 5.92. The molecule has 106 valence electrons. The van der Waals surface area contributed by atoms with Gasteiger partial charge < -0.3 is 15.4 Å². The smallest absolute Gasteiger partial charge is 0.239 e. The molecule has 1 aliphatic rings. The van der Waals surface area contributed by atoms with Crippen LogP contribution in [0, 0.1) is 5.92 Å². The van der Waals surface area contributed by atoms with Gasteiger partial charge in [0.15, 0.2) is 0 Å². The average molecular weight is 263 g/mol. The molecule has 0 saturated heterocycles. The van der Waals surface area contributed by atoms with Gasteiger partial charge in [-0.05, 0) is 58.6 Å². The van der Waals surface area contributed by atoms with E-state index in [2.05, 4.69) is 23.7 Å². The van der Waals surface area contributed by atoms with E-state index in [1.165, 1.54) is 12.8 Å². The standard InChI is InChI=1S/C15H25N3O/c1-10(2)18(9-12-5-6-12)14-8-7-13(16)15(17-14)19-11(3)4/h7-8,10-12H,5-6,9,16H2,1-4H3. The second-order valence-corrected chi connectivity index (χ2v) is 5.92. The van der Waals surface area contributed by atoms with E-state index >= 15 is 0 Å². The van der Waals surface area contributed by atoms with Crippen molar-refractivity contribution >= 4 is 11.5 Å². The molecule has 1 aromatic heterocycles. The minimum atomic E-state index is 0.0842. The summed E-state index contributed by atoms with van der Waals surface area (Å²) in [5, 5.41) is 0. The highest BCUT2D eigenvalue weighted by molar-refractivity contribution is 5.55. The van der Waals surface area contributed by atoms with Crippen LogP contribution in [-0.2, 0) is 0 Å². The Hall–Kier alpha value is -1.45. The molecule has 19 heavy (non-hydrogen) atoms. The number of ether oxygens (including phenoxy) is 1. The van der Waals surface area contributed by atoms with Crippen molar-refractivity contribution < 1.29 is 4.74 Å². The summed E-state index contributed by atoms with van der Waals surface area (Å²) < 4.78 is 5.67. The first kappa shape index (κ1) is 14.0. The SMILES string of the molecule is CC(C)Oc1nc(N(CC2CC2)C(C)C)ccc1N. The van der Waals surface area contributed by atoms with E-state index in [1.54, 1.807) is 0 Å². The summed E-state index contributed by atoms with van der Waals surface area (Å²) >= 11 is 0. The monoisotopic (exact) mass is 263 g/mol. The Morgan fingerprint density at radius 3 is 2.53 bits per heavy atom. The number of hydrogen-bond donors (Lipinski definition) is 1. The van der Waals surface area contributed by atoms with E-state index < -0.39 is 0 Å². The molecule has 1 saturated carbocycles. The fraction of sp³-hybridized carbons (Fsp3) is 0.667. The van der Waals surface area contributed by atoms with Gasteiger partial charge in [0.05, 0.1) is 11.8 Å². The van der Waals surface area contributed by atoms with Crippen LogP contribution in [0.25, 0.3) is 0 Å². The van der Waals surface area contributed by atoms with Gasteiger partial charge in [-0.15, -0.1) is 0 Å². The summed E-state index contributed by atoms with van der Waals surface area (Å²) in [5.41, 5.74) is 6.53. The maximum Gasteiger partial charge on any atom is 0.239 e. The molecule has 0 spiro atoms. The van der Waals surface area contributed by atoms with Crippen molar-refractivity contribution in [1.29, 1.82) is 0 Å². The largest absolute Gasteiger partial charge is 0.473 e. The second kappa shape index (κ2) is 5.68. The summed E-state index contributed by atoms with van der Waals surface area (Å²) in [6.07, 6.45) is 2.77. The highest BCUT2D eigenvalue weighted by atomic mass is 16.5. The summed E-state index contributed by atoms with van der Waals surface area (Å²) in [4.78, 5) is 6.93. The van der Waals surface area contributed by atoms with Crippen molar-refractivity contribution in [3.63, 3.8) is 0 Å². The van der Waals surface area contributed by atoms with Crippen molar-refractivity contribution in [2.45, 2.75) is 52.7 Å². The number of nitrogen functional groups attached to an aromatic ring is 1. The zero-order chi connectivity index (χ0) is 14.0. The number of rotatable bonds is 6. The van der Waals surface area contributed by atoms with E-state index in [9.17, 15) is 0 Å². The molecule has 0 atom stereocenters. The van der Waals surface area contributed by atoms with Gasteiger partial charge in [-0.3, -0.25) is 0 Å². The lowest BCUT2D eigenvalue weighted by Gasteiger charge is -2.28. The van der Waals surface area contributed by atoms with Crippen LogP contribution in [0.5, 0.6) is 5.88 Å². The van der Waals surface area contributed by atoms with Crippen molar-refractivity contribution in [2.24, 2.45) is 5.92 Å². The quantitative estimate of drug-likeness (QED) is 0.857. The first-order valence-electron chi connectivity index (χ1n) is 7.17. The molecular formula is C15H25N3O. The number of anilines is 2. The third kappa shape index (κ3) is 3.75. The van der Waals surface area contributed by atoms with Gasteiger partial charge in [0.2, 0.25) is 5.88 Å². The van der Waals surface area contributed by atoms with E-state index in [-0.39, 0.29) is 6.10 Å². The van der Waals surface area contributed by atoms with Gasteiger partial charge in [-0.2, -0.15) is 4.98 Å². The molecule has 0 aliphatic heterocycles. The fourth-order valence-electron chi connectivity index (χ4n) is 2.07. The zero-order valence-electron chi connectivity index (χ0n) is 12.4. The van der Waals surface area contributed by atoms with Crippen LogP contribution in [0.15, 0.2) is 12.1 Å². The van der Waals surface area contributed by atoms with Crippen molar-refractivity contribution in [3.05, 3.63) is 12.1 Å². The van der Waals surface area contributed by atoms with Crippen LogP contribution < -0.4 is 15.4 Å². The van der Waals surface area contributed by atoms with Crippen LogP contribution in [0.2, 0.25) is 0 Å². The summed E-state index contributed by atoms with van der Waals surface area (Å²) in [6, 6.07) is 4.32. The van der Waals surface area contributed by atoms with Crippen LogP contribution in [0.3, 0.4) is 0 Å². The maximum atomic E-state index is 5.92. The zero-order valence-corrected chi connectivity index (χ0v) is 12.4. The topological polar surface area (TPSA) is 51.4 Å². The second-order valence-electron chi connectivity index (χ2n) is 5.92. The summed E-state index contributed by atoms with van der Waals surface area (Å²) in [5.74, 6) is 2.34. The highest BCUT2D eigenvalue weighted by Gasteiger charge is 2.26. The molecule has 1 fully saturated rings. The van der Waals surface area contributed by atoms with E-state index in [1.807, 2.05) is 26.0 Å². The Labute approximate surface area is 116 Å². The van der Waals surface area contributed by atoms with Gasteiger partial charge >= 0.3 is 0 Å². The summed E-state index contributed by atoms with van der Waals surface area (Å²) in [6.45, 7) is 9.44. The predicted octanol–water partition coefficient (Wildman–Crippen LogP) is 3.08. The lowest BCUT2D eigenvalue weighted by molar-refractivity contribution is 0.234. The molecule has 2 N–H and O–H groups in total. The fourth-order valence-corrected chi connectivity index (χ4v) is 2.07. The third-order valence-electron chi connectivity index (χ3n) is 3.29. The van der Waals surface area contributed by atoms with Crippen LogP contribution in [0.4, 0.5) is 11.5 Å². The number of pyridine rings is 1. The lowest BCUT2D eigenvalue weighted by atomic mass is 10.2. The minimum Gasteiger partial charge on any atom is -0.473 e. The molecule has 0 unspecified atom stereocenters. The van der Waals surface area contributed by atoms with Crippen molar-refractivity contribution in [1.82, 2.24) is 4.98 Å². The Kier molecular flexibility index (Phi) is 4.17. The molecule has 1 aliphatic carbocycles. The molecule has 4 nitrogen and oxygen atoms in total. The molecule has 0 amide bonds. The average Bonchev–Trinajstić information content (AvgIpc) is 3.12. The molecule has 2 rings (SSSR count). The molecular weight excluding hydrogens is 238 g/mol. The molecule has 0 bridgehead atoms. The number of nitrogens with two attached hydrogens (primary N) is 1. The first-order valence-corrected chi connectivity index (χ1v) is 7.17. The molecule has 1 aromatic rings. The normalized spacial score (nSPS) is 15.1. The van der Waals surface area contributed by atoms with Crippen LogP contribution in [-0.4, -0.2) is 23.7 Å². The number of nitrogens with zero attached hydrogens (tertiary/aromatic N) is 2. The van der Waals surface area contributed by atoms with E-state index in [4.69, 9.17) is 10.5 Å². The summed E-state index contributed by atoms with van der Waals surface area (Å²) in [7, 11) is 0. The first-order chi connectivity index (χ1) is 8.97. The minimum absolute atomic E-state index is 0.0842. The van der Waals surface area contributed by atoms with Gasteiger partial charge in [0, 0.05) is 12.6 Å². The molecule has 0 aromatic carbocycles. The van der Waals surface area contributed by atoms with Gasteiger partial charge in [0.25, 0.3) is 0 Å². The number of aromatic nitrogens is 1.